The fourth-order valence-corrected chi connectivity index (χ4v) is 1.48. The Morgan fingerprint density at radius 2 is 2.07 bits per heavy atom. The minimum atomic E-state index is -0.755. The van der Waals surface area contributed by atoms with E-state index < -0.39 is 6.10 Å². The third-order valence-corrected chi connectivity index (χ3v) is 2.52. The molecular formula is C10H11N3OS. The highest BCUT2D eigenvalue weighted by Gasteiger charge is 2.13. The Kier molecular flexibility index (Phi) is 2.66. The molecule has 0 radical (unpaired) electrons. The molecule has 1 aromatic heterocycles. The van der Waals surface area contributed by atoms with Gasteiger partial charge in [-0.1, -0.05) is 30.3 Å². The molecule has 0 aliphatic carbocycles. The third kappa shape index (κ3) is 1.98. The van der Waals surface area contributed by atoms with Crippen LogP contribution in [0.1, 0.15) is 17.5 Å². The number of aliphatic hydroxyl groups excluding tert-OH is 1. The lowest BCUT2D eigenvalue weighted by atomic mass is 10.1. The molecule has 0 saturated carbocycles. The molecule has 15 heavy (non-hydrogen) atoms. The van der Waals surface area contributed by atoms with Crippen LogP contribution in [0.25, 0.3) is 0 Å². The maximum Gasteiger partial charge on any atom is 0.215 e. The van der Waals surface area contributed by atoms with Crippen molar-refractivity contribution in [2.45, 2.75) is 6.10 Å². The maximum atomic E-state index is 9.98. The fraction of sp³-hybridized carbons (Fsp3) is 0.200. The Morgan fingerprint density at radius 3 is 2.60 bits per heavy atom. The van der Waals surface area contributed by atoms with Crippen LogP contribution in [0.5, 0.6) is 0 Å². The average molecular weight is 221 g/mol. The summed E-state index contributed by atoms with van der Waals surface area (Å²) in [6.45, 7) is 0. The first-order valence-electron chi connectivity index (χ1n) is 4.54. The van der Waals surface area contributed by atoms with Crippen LogP contribution in [0.4, 0.5) is 0 Å². The number of hydrogen-bond acceptors (Lipinski definition) is 3. The van der Waals surface area contributed by atoms with Gasteiger partial charge in [-0.25, -0.2) is 4.98 Å². The minimum absolute atomic E-state index is 0.431. The highest BCUT2D eigenvalue weighted by molar-refractivity contribution is 7.71. The van der Waals surface area contributed by atoms with E-state index >= 15 is 0 Å². The van der Waals surface area contributed by atoms with Gasteiger partial charge in [0.25, 0.3) is 0 Å². The number of H-pyrrole nitrogens is 1. The summed E-state index contributed by atoms with van der Waals surface area (Å²) in [6, 6.07) is 9.33. The predicted molar refractivity (Wildman–Crippen MR) is 58.9 cm³/mol. The fourth-order valence-electron chi connectivity index (χ4n) is 1.34. The molecule has 2 N–H and O–H groups in total. The molecular weight excluding hydrogens is 210 g/mol. The van der Waals surface area contributed by atoms with Crippen molar-refractivity contribution in [2.75, 3.05) is 0 Å². The van der Waals surface area contributed by atoms with Gasteiger partial charge >= 0.3 is 0 Å². The number of nitrogens with zero attached hydrogens (tertiary/aromatic N) is 2. The highest BCUT2D eigenvalue weighted by Crippen LogP contribution is 2.17. The molecule has 0 aliphatic heterocycles. The number of aryl methyl sites for hydroxylation is 1. The third-order valence-electron chi connectivity index (χ3n) is 2.16. The molecule has 1 aromatic carbocycles. The molecule has 0 aliphatic rings. The van der Waals surface area contributed by atoms with Gasteiger partial charge in [-0.05, 0) is 17.8 Å². The van der Waals surface area contributed by atoms with Gasteiger partial charge in [0.05, 0.1) is 0 Å². The SMILES string of the molecule is Cn1[nH]c(C(O)c2ccccc2)nc1=S. The van der Waals surface area contributed by atoms with Gasteiger partial charge in [-0.2, -0.15) is 0 Å². The van der Waals surface area contributed by atoms with E-state index in [0.717, 1.165) is 5.56 Å². The van der Waals surface area contributed by atoms with Gasteiger partial charge in [-0.15, -0.1) is 0 Å². The van der Waals surface area contributed by atoms with Gasteiger partial charge in [0, 0.05) is 7.05 Å². The molecule has 5 heteroatoms. The molecule has 1 heterocycles. The number of rotatable bonds is 2. The molecule has 0 spiro atoms. The topological polar surface area (TPSA) is 53.8 Å². The molecule has 0 fully saturated rings. The lowest BCUT2D eigenvalue weighted by Gasteiger charge is -2.06. The van der Waals surface area contributed by atoms with Crippen molar-refractivity contribution in [3.05, 3.63) is 46.5 Å². The number of hydrogen-bond donors (Lipinski definition) is 2. The lowest BCUT2D eigenvalue weighted by molar-refractivity contribution is 0.209. The van der Waals surface area contributed by atoms with Crippen LogP contribution in [0.15, 0.2) is 30.3 Å². The van der Waals surface area contributed by atoms with E-state index in [1.165, 1.54) is 0 Å². The zero-order valence-corrected chi connectivity index (χ0v) is 9.03. The van der Waals surface area contributed by atoms with Crippen LogP contribution in [-0.4, -0.2) is 19.9 Å². The van der Waals surface area contributed by atoms with Crippen molar-refractivity contribution in [3.63, 3.8) is 0 Å². The van der Waals surface area contributed by atoms with Crippen molar-refractivity contribution in [3.8, 4) is 0 Å². The van der Waals surface area contributed by atoms with Crippen LogP contribution in [-0.2, 0) is 7.05 Å². The molecule has 0 bridgehead atoms. The summed E-state index contributed by atoms with van der Waals surface area (Å²) < 4.78 is 2.02. The molecule has 2 aromatic rings. The smallest absolute Gasteiger partial charge is 0.215 e. The maximum absolute atomic E-state index is 9.98. The summed E-state index contributed by atoms with van der Waals surface area (Å²) in [5.74, 6) is 0.466. The van der Waals surface area contributed by atoms with Crippen LogP contribution in [0.3, 0.4) is 0 Å². The zero-order valence-electron chi connectivity index (χ0n) is 8.21. The second kappa shape index (κ2) is 3.96. The van der Waals surface area contributed by atoms with E-state index in [1.807, 2.05) is 30.3 Å². The number of aromatic nitrogens is 3. The second-order valence-electron chi connectivity index (χ2n) is 3.26. The van der Waals surface area contributed by atoms with Gasteiger partial charge in [0.2, 0.25) is 4.77 Å². The number of benzene rings is 1. The quantitative estimate of drug-likeness (QED) is 0.757. The van der Waals surface area contributed by atoms with Gasteiger partial charge in [-0.3, -0.25) is 9.78 Å². The van der Waals surface area contributed by atoms with E-state index in [1.54, 1.807) is 11.7 Å². The Morgan fingerprint density at radius 1 is 1.40 bits per heavy atom. The monoisotopic (exact) mass is 221 g/mol. The average Bonchev–Trinajstić information content (AvgIpc) is 2.59. The normalized spacial score (nSPS) is 12.7. The Bertz CT molecular complexity index is 503. The summed E-state index contributed by atoms with van der Waals surface area (Å²) in [5.41, 5.74) is 0.793. The van der Waals surface area contributed by atoms with Crippen molar-refractivity contribution in [1.29, 1.82) is 0 Å². The first-order valence-corrected chi connectivity index (χ1v) is 4.95. The molecule has 0 saturated heterocycles. The number of nitrogens with one attached hydrogen (secondary N) is 1. The molecule has 1 atom stereocenters. The summed E-state index contributed by atoms with van der Waals surface area (Å²) in [5, 5.41) is 12.9. The standard InChI is InChI=1S/C10H11N3OS/c1-13-10(15)11-9(12-13)8(14)7-5-3-2-4-6-7/h2-6,8,14H,1H3,(H,11,12,15). The Hall–Kier alpha value is -1.46. The van der Waals surface area contributed by atoms with Crippen molar-refractivity contribution in [2.24, 2.45) is 7.05 Å². The molecule has 1 unspecified atom stereocenters. The molecule has 4 nitrogen and oxygen atoms in total. The largest absolute Gasteiger partial charge is 0.380 e. The van der Waals surface area contributed by atoms with Gasteiger partial charge < -0.3 is 5.11 Å². The first-order chi connectivity index (χ1) is 7.18. The summed E-state index contributed by atoms with van der Waals surface area (Å²) >= 11 is 4.95. The van der Waals surface area contributed by atoms with E-state index in [0.29, 0.717) is 10.6 Å². The van der Waals surface area contributed by atoms with Crippen LogP contribution >= 0.6 is 12.2 Å². The van der Waals surface area contributed by atoms with Crippen LogP contribution < -0.4 is 0 Å². The van der Waals surface area contributed by atoms with Crippen molar-refractivity contribution >= 4 is 12.2 Å². The van der Waals surface area contributed by atoms with E-state index in [9.17, 15) is 5.11 Å². The van der Waals surface area contributed by atoms with E-state index in [2.05, 4.69) is 10.1 Å². The van der Waals surface area contributed by atoms with Crippen LogP contribution in [0.2, 0.25) is 0 Å². The minimum Gasteiger partial charge on any atom is -0.380 e. The molecule has 2 rings (SSSR count). The van der Waals surface area contributed by atoms with Gasteiger partial charge in [0.1, 0.15) is 6.10 Å². The predicted octanol–water partition coefficient (Wildman–Crippen LogP) is 1.56. The number of aliphatic hydroxyl groups is 1. The summed E-state index contributed by atoms with van der Waals surface area (Å²) in [7, 11) is 1.76. The van der Waals surface area contributed by atoms with E-state index in [-0.39, 0.29) is 0 Å². The lowest BCUT2D eigenvalue weighted by Crippen LogP contribution is -2.02. The van der Waals surface area contributed by atoms with E-state index in [4.69, 9.17) is 12.2 Å². The van der Waals surface area contributed by atoms with Gasteiger partial charge in [0.15, 0.2) is 5.82 Å². The Balaban J connectivity index is 2.36. The second-order valence-corrected chi connectivity index (χ2v) is 3.63. The number of aromatic amines is 1. The highest BCUT2D eigenvalue weighted by atomic mass is 32.1. The van der Waals surface area contributed by atoms with Crippen LogP contribution in [0, 0.1) is 4.77 Å². The zero-order chi connectivity index (χ0) is 10.8. The molecule has 78 valence electrons. The first kappa shape index (κ1) is 10.1. The van der Waals surface area contributed by atoms with Crippen molar-refractivity contribution in [1.82, 2.24) is 14.8 Å². The summed E-state index contributed by atoms with van der Waals surface area (Å²) in [6.07, 6.45) is -0.755. The Labute approximate surface area is 92.2 Å². The summed E-state index contributed by atoms with van der Waals surface area (Å²) in [4.78, 5) is 4.06. The molecule has 0 amide bonds. The van der Waals surface area contributed by atoms with Crippen molar-refractivity contribution < 1.29 is 5.11 Å².